The molecule has 26 heavy (non-hydrogen) atoms. The topological polar surface area (TPSA) is 49.8 Å². The molecule has 0 aliphatic heterocycles. The van der Waals surface area contributed by atoms with Crippen LogP contribution in [-0.2, 0) is 11.5 Å². The van der Waals surface area contributed by atoms with E-state index in [1.54, 1.807) is 21.6 Å². The van der Waals surface area contributed by atoms with E-state index >= 15 is 0 Å². The smallest absolute Gasteiger partial charge is 0.0646 e. The number of pyridine rings is 2. The van der Waals surface area contributed by atoms with Crippen molar-refractivity contribution in [2.24, 2.45) is 0 Å². The molecular weight excluding hydrogens is 400 g/mol. The lowest BCUT2D eigenvalue weighted by Crippen LogP contribution is -2.10. The van der Waals surface area contributed by atoms with Gasteiger partial charge in [-0.25, -0.2) is 0 Å². The molecule has 0 spiro atoms. The second-order valence-corrected chi connectivity index (χ2v) is 9.80. The fourth-order valence-corrected chi connectivity index (χ4v) is 6.35. The van der Waals surface area contributed by atoms with Crippen molar-refractivity contribution in [1.82, 2.24) is 20.6 Å². The average Bonchev–Trinajstić information content (AvgIpc) is 2.68. The largest absolute Gasteiger partial charge is 0.319 e. The lowest BCUT2D eigenvalue weighted by atomic mass is 10.4. The zero-order valence-electron chi connectivity index (χ0n) is 15.2. The second-order valence-electron chi connectivity index (χ2n) is 5.38. The van der Waals surface area contributed by atoms with E-state index < -0.39 is 0 Å². The molecule has 0 aromatic carbocycles. The summed E-state index contributed by atoms with van der Waals surface area (Å²) in [5, 5.41) is 6.37. The third kappa shape index (κ3) is 8.10. The van der Waals surface area contributed by atoms with E-state index in [4.69, 9.17) is 0 Å². The molecule has 8 heteroatoms. The van der Waals surface area contributed by atoms with Crippen LogP contribution in [0, 0.1) is 0 Å². The lowest BCUT2D eigenvalue weighted by molar-refractivity contribution is 0.871. The first-order valence-electron chi connectivity index (χ1n) is 8.52. The third-order valence-electron chi connectivity index (χ3n) is 3.39. The van der Waals surface area contributed by atoms with Crippen molar-refractivity contribution in [3.63, 3.8) is 0 Å². The Labute approximate surface area is 173 Å². The Morgan fingerprint density at radius 2 is 1.23 bits per heavy atom. The summed E-state index contributed by atoms with van der Waals surface area (Å²) in [6.07, 6.45) is 3.77. The Bertz CT molecular complexity index is 587. The average molecular weight is 427 g/mol. The summed E-state index contributed by atoms with van der Waals surface area (Å²) >= 11 is 3.83. The van der Waals surface area contributed by atoms with Crippen LogP contribution in [0.1, 0.15) is 11.4 Å². The molecule has 4 nitrogen and oxygen atoms in total. The number of hydrogen-bond acceptors (Lipinski definition) is 8. The van der Waals surface area contributed by atoms with Gasteiger partial charge < -0.3 is 10.6 Å². The molecule has 2 rings (SSSR count). The summed E-state index contributed by atoms with van der Waals surface area (Å²) in [5.41, 5.74) is 2.33. The molecule has 2 aromatic heterocycles. The predicted octanol–water partition coefficient (Wildman–Crippen LogP) is 4.18. The zero-order chi connectivity index (χ0) is 18.5. The molecule has 0 amide bonds. The number of hydrogen-bond donors (Lipinski definition) is 2. The molecular formula is C18H26N4S4. The van der Waals surface area contributed by atoms with Gasteiger partial charge in [-0.1, -0.05) is 21.6 Å². The summed E-state index contributed by atoms with van der Waals surface area (Å²) in [6.45, 7) is 2.05. The van der Waals surface area contributed by atoms with E-state index in [9.17, 15) is 0 Å². The van der Waals surface area contributed by atoms with E-state index in [1.165, 1.54) is 21.2 Å². The van der Waals surface area contributed by atoms with E-state index in [-0.39, 0.29) is 0 Å². The van der Waals surface area contributed by atoms with Crippen molar-refractivity contribution in [2.75, 3.05) is 38.7 Å². The van der Waals surface area contributed by atoms with Gasteiger partial charge in [-0.2, -0.15) is 23.5 Å². The molecule has 0 saturated heterocycles. The normalized spacial score (nSPS) is 11.0. The van der Waals surface area contributed by atoms with Crippen molar-refractivity contribution in [1.29, 1.82) is 0 Å². The Kier molecular flexibility index (Phi) is 11.6. The maximum absolute atomic E-state index is 4.58. The van der Waals surface area contributed by atoms with Crippen molar-refractivity contribution in [3.8, 4) is 0 Å². The first kappa shape index (κ1) is 21.9. The number of nitrogens with one attached hydrogen (secondary N) is 2. The van der Waals surface area contributed by atoms with Gasteiger partial charge in [-0.15, -0.1) is 0 Å². The highest BCUT2D eigenvalue weighted by Gasteiger charge is 2.09. The molecule has 0 saturated carbocycles. The van der Waals surface area contributed by atoms with Crippen molar-refractivity contribution >= 4 is 45.1 Å². The first-order chi connectivity index (χ1) is 12.8. The minimum Gasteiger partial charge on any atom is -0.319 e. The molecule has 0 atom stereocenters. The van der Waals surface area contributed by atoms with Gasteiger partial charge in [-0.3, -0.25) is 9.97 Å². The fourth-order valence-electron chi connectivity index (χ4n) is 1.99. The minimum absolute atomic E-state index is 0.950. The quantitative estimate of drug-likeness (QED) is 0.365. The highest BCUT2D eigenvalue weighted by Crippen LogP contribution is 2.40. The van der Waals surface area contributed by atoms with E-state index in [0.717, 1.165) is 36.1 Å². The van der Waals surface area contributed by atoms with Gasteiger partial charge in [0.25, 0.3) is 0 Å². The van der Waals surface area contributed by atoms with Crippen LogP contribution in [0.25, 0.3) is 0 Å². The number of thioether (sulfide) groups is 2. The standard InChI is InChI=1S/C18H26N4S4/c1-19-9-11-23-13-15-17(5-3-7-21-15)25-26-18-6-4-8-22-16(18)14-24-12-10-20-2/h3-8,19-20H,9-14H2,1-2H3. The predicted molar refractivity (Wildman–Crippen MR) is 120 cm³/mol. The van der Waals surface area contributed by atoms with Crippen LogP contribution in [-0.4, -0.2) is 48.7 Å². The van der Waals surface area contributed by atoms with Gasteiger partial charge in [0.15, 0.2) is 0 Å². The molecule has 2 heterocycles. The Hall–Kier alpha value is -0.380. The number of aromatic nitrogens is 2. The van der Waals surface area contributed by atoms with Crippen LogP contribution in [0.2, 0.25) is 0 Å². The summed E-state index contributed by atoms with van der Waals surface area (Å²) in [7, 11) is 7.55. The van der Waals surface area contributed by atoms with Crippen LogP contribution in [0.15, 0.2) is 46.5 Å². The van der Waals surface area contributed by atoms with Crippen LogP contribution >= 0.6 is 45.1 Å². The molecule has 0 fully saturated rings. The third-order valence-corrected chi connectivity index (χ3v) is 7.84. The van der Waals surface area contributed by atoms with Crippen molar-refractivity contribution in [3.05, 3.63) is 48.0 Å². The molecule has 2 aromatic rings. The monoisotopic (exact) mass is 426 g/mol. The second kappa shape index (κ2) is 13.7. The van der Waals surface area contributed by atoms with Crippen LogP contribution in [0.3, 0.4) is 0 Å². The van der Waals surface area contributed by atoms with Gasteiger partial charge in [-0.05, 0) is 38.4 Å². The van der Waals surface area contributed by atoms with Gasteiger partial charge in [0.05, 0.1) is 11.4 Å². The molecule has 0 bridgehead atoms. The molecule has 0 radical (unpaired) electrons. The van der Waals surface area contributed by atoms with Crippen LogP contribution in [0.4, 0.5) is 0 Å². The van der Waals surface area contributed by atoms with Gasteiger partial charge in [0.2, 0.25) is 0 Å². The maximum atomic E-state index is 4.58. The van der Waals surface area contributed by atoms with E-state index in [2.05, 4.69) is 32.7 Å². The number of rotatable bonds is 13. The summed E-state index contributed by atoms with van der Waals surface area (Å²) in [6, 6.07) is 8.36. The van der Waals surface area contributed by atoms with Crippen LogP contribution in [0.5, 0.6) is 0 Å². The summed E-state index contributed by atoms with van der Waals surface area (Å²) in [4.78, 5) is 11.6. The SMILES string of the molecule is CNCCSCc1ncccc1SSc1cccnc1CSCCNC. The highest BCUT2D eigenvalue weighted by atomic mass is 33.1. The van der Waals surface area contributed by atoms with Gasteiger partial charge in [0, 0.05) is 58.3 Å². The Morgan fingerprint density at radius 3 is 1.65 bits per heavy atom. The Morgan fingerprint density at radius 1 is 0.769 bits per heavy atom. The van der Waals surface area contributed by atoms with E-state index in [0.29, 0.717) is 0 Å². The molecule has 0 aliphatic carbocycles. The van der Waals surface area contributed by atoms with Gasteiger partial charge >= 0.3 is 0 Å². The molecule has 142 valence electrons. The fraction of sp³-hybridized carbons (Fsp3) is 0.444. The van der Waals surface area contributed by atoms with Crippen molar-refractivity contribution in [2.45, 2.75) is 21.3 Å². The van der Waals surface area contributed by atoms with Crippen LogP contribution < -0.4 is 10.6 Å². The lowest BCUT2D eigenvalue weighted by Gasteiger charge is -2.10. The molecule has 0 aliphatic rings. The minimum atomic E-state index is 0.950. The highest BCUT2D eigenvalue weighted by molar-refractivity contribution is 8.76. The molecule has 0 unspecified atom stereocenters. The van der Waals surface area contributed by atoms with Gasteiger partial charge in [0.1, 0.15) is 0 Å². The summed E-state index contributed by atoms with van der Waals surface area (Å²) in [5.74, 6) is 4.10. The first-order valence-corrected chi connectivity index (χ1v) is 13.0. The zero-order valence-corrected chi connectivity index (χ0v) is 18.5. The van der Waals surface area contributed by atoms with E-state index in [1.807, 2.05) is 62.1 Å². The number of nitrogens with zero attached hydrogens (tertiary/aromatic N) is 2. The summed E-state index contributed by atoms with van der Waals surface area (Å²) < 4.78 is 0. The van der Waals surface area contributed by atoms with Crippen molar-refractivity contribution < 1.29 is 0 Å². The maximum Gasteiger partial charge on any atom is 0.0646 e. The molecule has 2 N–H and O–H groups in total. The Balaban J connectivity index is 1.92.